The molecule has 5 heteroatoms. The van der Waals surface area contributed by atoms with Crippen LogP contribution in [-0.2, 0) is 9.59 Å². The Bertz CT molecular complexity index is 328. The molecule has 0 aromatic rings. The predicted molar refractivity (Wildman–Crippen MR) is 64.3 cm³/mol. The molecule has 1 saturated carbocycles. The Morgan fingerprint density at radius 2 is 2.06 bits per heavy atom. The Balaban J connectivity index is 2.11. The summed E-state index contributed by atoms with van der Waals surface area (Å²) in [6.07, 6.45) is 4.39. The second kappa shape index (κ2) is 3.95. The normalized spacial score (nSPS) is 32.6. The number of piperazine rings is 1. The number of hydrogen-bond acceptors (Lipinski definition) is 3. The smallest absolute Gasteiger partial charge is 0.245 e. The fourth-order valence-electron chi connectivity index (χ4n) is 2.07. The van der Waals surface area contributed by atoms with Gasteiger partial charge in [0.05, 0.1) is 0 Å². The van der Waals surface area contributed by atoms with E-state index >= 15 is 0 Å². The van der Waals surface area contributed by atoms with Crippen LogP contribution in [0, 0.1) is 0 Å². The van der Waals surface area contributed by atoms with Gasteiger partial charge in [0, 0.05) is 11.3 Å². The number of nitrogens with zero attached hydrogens (tertiary/aromatic N) is 1. The highest BCUT2D eigenvalue weighted by molar-refractivity contribution is 8.00. The summed E-state index contributed by atoms with van der Waals surface area (Å²) in [7, 11) is 0. The molecule has 2 rings (SSSR count). The van der Waals surface area contributed by atoms with E-state index in [2.05, 4.69) is 11.6 Å². The van der Waals surface area contributed by atoms with Crippen LogP contribution in [0.15, 0.2) is 0 Å². The molecule has 90 valence electrons. The number of amides is 2. The molecular formula is C11H18N2O2S. The molecule has 0 aromatic carbocycles. The van der Waals surface area contributed by atoms with Crippen molar-refractivity contribution >= 4 is 23.6 Å². The lowest BCUT2D eigenvalue weighted by molar-refractivity contribution is -0.148. The first kappa shape index (κ1) is 11.8. The second-order valence-corrected chi connectivity index (χ2v) is 6.03. The lowest BCUT2D eigenvalue weighted by atomic mass is 10.1. The van der Waals surface area contributed by atoms with Crippen LogP contribution in [0.1, 0.15) is 26.7 Å². The van der Waals surface area contributed by atoms with Gasteiger partial charge in [-0.1, -0.05) is 0 Å². The maximum Gasteiger partial charge on any atom is 0.245 e. The van der Waals surface area contributed by atoms with Crippen molar-refractivity contribution in [3.05, 3.63) is 0 Å². The van der Waals surface area contributed by atoms with E-state index in [-0.39, 0.29) is 28.6 Å². The summed E-state index contributed by atoms with van der Waals surface area (Å²) in [4.78, 5) is 25.4. The maximum atomic E-state index is 12.0. The van der Waals surface area contributed by atoms with Crippen molar-refractivity contribution in [2.45, 2.75) is 43.5 Å². The Kier molecular flexibility index (Phi) is 2.90. The van der Waals surface area contributed by atoms with Gasteiger partial charge in [-0.05, 0) is 32.9 Å². The topological polar surface area (TPSA) is 49.4 Å². The SMILES string of the molecule is CSC1(CN2C(=O)C(C)NC(=O)C2C)CC1. The van der Waals surface area contributed by atoms with Gasteiger partial charge in [0.25, 0.3) is 0 Å². The summed E-state index contributed by atoms with van der Waals surface area (Å²) in [6.45, 7) is 4.26. The van der Waals surface area contributed by atoms with Crippen LogP contribution in [0.5, 0.6) is 0 Å². The number of nitrogens with one attached hydrogen (secondary N) is 1. The van der Waals surface area contributed by atoms with E-state index in [9.17, 15) is 9.59 Å². The van der Waals surface area contributed by atoms with Crippen molar-refractivity contribution in [1.29, 1.82) is 0 Å². The highest BCUT2D eigenvalue weighted by atomic mass is 32.2. The van der Waals surface area contributed by atoms with Crippen LogP contribution in [0.25, 0.3) is 0 Å². The van der Waals surface area contributed by atoms with Crippen LogP contribution in [0.3, 0.4) is 0 Å². The molecule has 2 amide bonds. The molecular weight excluding hydrogens is 224 g/mol. The van der Waals surface area contributed by atoms with Crippen LogP contribution in [0.4, 0.5) is 0 Å². The standard InChI is InChI=1S/C11H18N2O2S/c1-7-10(15)13(8(2)9(14)12-7)6-11(16-3)4-5-11/h7-8H,4-6H2,1-3H3,(H,12,14). The molecule has 1 saturated heterocycles. The van der Waals surface area contributed by atoms with E-state index in [1.165, 1.54) is 0 Å². The van der Waals surface area contributed by atoms with Gasteiger partial charge in [-0.3, -0.25) is 9.59 Å². The zero-order valence-corrected chi connectivity index (χ0v) is 10.8. The van der Waals surface area contributed by atoms with E-state index in [4.69, 9.17) is 0 Å². The lowest BCUT2D eigenvalue weighted by Gasteiger charge is -2.38. The van der Waals surface area contributed by atoms with Crippen LogP contribution in [-0.4, -0.2) is 46.3 Å². The van der Waals surface area contributed by atoms with E-state index < -0.39 is 0 Å². The minimum atomic E-state index is -0.374. The van der Waals surface area contributed by atoms with Crippen molar-refractivity contribution in [3.8, 4) is 0 Å². The number of thioether (sulfide) groups is 1. The van der Waals surface area contributed by atoms with E-state index in [1.54, 1.807) is 18.7 Å². The molecule has 1 aliphatic heterocycles. The van der Waals surface area contributed by atoms with Gasteiger partial charge in [-0.25, -0.2) is 0 Å². The molecule has 2 fully saturated rings. The van der Waals surface area contributed by atoms with E-state index in [0.29, 0.717) is 6.54 Å². The van der Waals surface area contributed by atoms with E-state index in [1.807, 2.05) is 11.8 Å². The largest absolute Gasteiger partial charge is 0.343 e. The van der Waals surface area contributed by atoms with Gasteiger partial charge in [0.1, 0.15) is 12.1 Å². The summed E-state index contributed by atoms with van der Waals surface area (Å²) in [5, 5.41) is 2.70. The third-order valence-electron chi connectivity index (χ3n) is 3.56. The first-order chi connectivity index (χ1) is 7.49. The average molecular weight is 242 g/mol. The Morgan fingerprint density at radius 3 is 2.56 bits per heavy atom. The van der Waals surface area contributed by atoms with Crippen molar-refractivity contribution in [2.24, 2.45) is 0 Å². The van der Waals surface area contributed by atoms with Crippen LogP contribution >= 0.6 is 11.8 Å². The Morgan fingerprint density at radius 1 is 1.44 bits per heavy atom. The minimum absolute atomic E-state index is 0.0380. The minimum Gasteiger partial charge on any atom is -0.343 e. The number of rotatable bonds is 3. The molecule has 2 atom stereocenters. The summed E-state index contributed by atoms with van der Waals surface area (Å²) >= 11 is 1.81. The predicted octanol–water partition coefficient (Wildman–Crippen LogP) is 0.617. The Hall–Kier alpha value is -0.710. The van der Waals surface area contributed by atoms with Gasteiger partial charge in [0.2, 0.25) is 11.8 Å². The lowest BCUT2D eigenvalue weighted by Crippen LogP contribution is -2.62. The second-order valence-electron chi connectivity index (χ2n) is 4.76. The van der Waals surface area contributed by atoms with E-state index in [0.717, 1.165) is 12.8 Å². The number of hydrogen-bond donors (Lipinski definition) is 1. The van der Waals surface area contributed by atoms with Gasteiger partial charge in [-0.2, -0.15) is 11.8 Å². The molecule has 1 N–H and O–H groups in total. The maximum absolute atomic E-state index is 12.0. The number of carbonyl (C=O) groups excluding carboxylic acids is 2. The average Bonchev–Trinajstić information content (AvgIpc) is 3.02. The fourth-order valence-corrected chi connectivity index (χ4v) is 2.85. The summed E-state index contributed by atoms with van der Waals surface area (Å²) in [6, 6.07) is -0.699. The van der Waals surface area contributed by atoms with Gasteiger partial charge >= 0.3 is 0 Å². The molecule has 0 radical (unpaired) electrons. The van der Waals surface area contributed by atoms with Crippen LogP contribution < -0.4 is 5.32 Å². The molecule has 0 spiro atoms. The molecule has 4 nitrogen and oxygen atoms in total. The highest BCUT2D eigenvalue weighted by Crippen LogP contribution is 2.48. The van der Waals surface area contributed by atoms with Crippen molar-refractivity contribution in [2.75, 3.05) is 12.8 Å². The van der Waals surface area contributed by atoms with Gasteiger partial charge in [-0.15, -0.1) is 0 Å². The summed E-state index contributed by atoms with van der Waals surface area (Å²) in [5.41, 5.74) is 0. The van der Waals surface area contributed by atoms with Crippen LogP contribution in [0.2, 0.25) is 0 Å². The Labute approximate surface area is 100 Å². The first-order valence-corrected chi connectivity index (χ1v) is 6.87. The monoisotopic (exact) mass is 242 g/mol. The zero-order valence-electron chi connectivity index (χ0n) is 9.95. The van der Waals surface area contributed by atoms with Crippen molar-refractivity contribution in [3.63, 3.8) is 0 Å². The first-order valence-electron chi connectivity index (χ1n) is 5.65. The third-order valence-corrected chi connectivity index (χ3v) is 4.96. The van der Waals surface area contributed by atoms with Gasteiger partial charge < -0.3 is 10.2 Å². The summed E-state index contributed by atoms with van der Waals surface area (Å²) in [5.74, 6) is 0.0106. The molecule has 2 aliphatic rings. The molecule has 1 heterocycles. The summed E-state index contributed by atoms with van der Waals surface area (Å²) < 4.78 is 0.223. The molecule has 16 heavy (non-hydrogen) atoms. The quantitative estimate of drug-likeness (QED) is 0.789. The van der Waals surface area contributed by atoms with Gasteiger partial charge in [0.15, 0.2) is 0 Å². The fraction of sp³-hybridized carbons (Fsp3) is 0.818. The molecule has 2 unspecified atom stereocenters. The molecule has 0 aromatic heterocycles. The molecule has 1 aliphatic carbocycles. The van der Waals surface area contributed by atoms with Crippen molar-refractivity contribution < 1.29 is 9.59 Å². The molecule has 0 bridgehead atoms. The number of carbonyl (C=O) groups is 2. The highest BCUT2D eigenvalue weighted by Gasteiger charge is 2.47. The third kappa shape index (κ3) is 1.93. The van der Waals surface area contributed by atoms with Crippen molar-refractivity contribution in [1.82, 2.24) is 10.2 Å². The zero-order chi connectivity index (χ0) is 11.9.